The Kier molecular flexibility index (Phi) is 4.24. The van der Waals surface area contributed by atoms with E-state index in [1.165, 1.54) is 19.2 Å². The molecule has 0 unspecified atom stereocenters. The molecular formula is C14H14N2O5. The number of carboxylic acids is 1. The van der Waals surface area contributed by atoms with Gasteiger partial charge in [0.25, 0.3) is 0 Å². The van der Waals surface area contributed by atoms with Gasteiger partial charge in [0.15, 0.2) is 17.2 Å². The van der Waals surface area contributed by atoms with Crippen molar-refractivity contribution in [3.63, 3.8) is 0 Å². The van der Waals surface area contributed by atoms with Crippen LogP contribution in [-0.2, 0) is 6.61 Å². The molecule has 0 atom stereocenters. The first-order chi connectivity index (χ1) is 10.0. The van der Waals surface area contributed by atoms with Gasteiger partial charge in [-0.05, 0) is 29.8 Å². The van der Waals surface area contributed by atoms with Crippen molar-refractivity contribution in [3.8, 4) is 17.4 Å². The van der Waals surface area contributed by atoms with Crippen molar-refractivity contribution in [1.29, 1.82) is 0 Å². The first-order valence-corrected chi connectivity index (χ1v) is 6.00. The Labute approximate surface area is 120 Å². The molecule has 7 heteroatoms. The molecule has 4 N–H and O–H groups in total. The third kappa shape index (κ3) is 3.21. The van der Waals surface area contributed by atoms with Crippen LogP contribution >= 0.6 is 0 Å². The van der Waals surface area contributed by atoms with Crippen molar-refractivity contribution in [1.82, 2.24) is 4.98 Å². The molecule has 0 aliphatic carbocycles. The van der Waals surface area contributed by atoms with Crippen LogP contribution in [0.2, 0.25) is 0 Å². The van der Waals surface area contributed by atoms with Gasteiger partial charge >= 0.3 is 5.97 Å². The maximum atomic E-state index is 10.9. The highest BCUT2D eigenvalue weighted by Gasteiger charge is 2.13. The number of ether oxygens (including phenoxy) is 2. The lowest BCUT2D eigenvalue weighted by molar-refractivity contribution is 0.0689. The van der Waals surface area contributed by atoms with Crippen molar-refractivity contribution in [2.45, 2.75) is 6.61 Å². The zero-order valence-corrected chi connectivity index (χ0v) is 11.2. The number of nitrogens with zero attached hydrogens (tertiary/aromatic N) is 1. The van der Waals surface area contributed by atoms with Gasteiger partial charge in [0, 0.05) is 0 Å². The quantitative estimate of drug-likeness (QED) is 0.766. The molecule has 1 heterocycles. The number of rotatable bonds is 5. The average molecular weight is 290 g/mol. The minimum Gasteiger partial charge on any atom is -0.493 e. The fourth-order valence-electron chi connectivity index (χ4n) is 1.65. The van der Waals surface area contributed by atoms with Gasteiger partial charge in [-0.25, -0.2) is 9.78 Å². The van der Waals surface area contributed by atoms with Crippen molar-refractivity contribution in [2.24, 2.45) is 0 Å². The van der Waals surface area contributed by atoms with Crippen molar-refractivity contribution >= 4 is 11.7 Å². The largest absolute Gasteiger partial charge is 0.493 e. The third-order valence-corrected chi connectivity index (χ3v) is 2.73. The van der Waals surface area contributed by atoms with Gasteiger partial charge in [-0.1, -0.05) is 6.07 Å². The van der Waals surface area contributed by atoms with Crippen LogP contribution in [0.25, 0.3) is 0 Å². The molecule has 0 amide bonds. The van der Waals surface area contributed by atoms with Gasteiger partial charge in [-0.3, -0.25) is 0 Å². The summed E-state index contributed by atoms with van der Waals surface area (Å²) in [5.74, 6) is -0.507. The lowest BCUT2D eigenvalue weighted by Crippen LogP contribution is -2.04. The maximum Gasteiger partial charge on any atom is 0.354 e. The van der Waals surface area contributed by atoms with E-state index in [0.29, 0.717) is 17.1 Å². The van der Waals surface area contributed by atoms with Gasteiger partial charge in [0.2, 0.25) is 5.88 Å². The van der Waals surface area contributed by atoms with E-state index in [9.17, 15) is 4.79 Å². The van der Waals surface area contributed by atoms with Gasteiger partial charge in [0.05, 0.1) is 19.4 Å². The van der Waals surface area contributed by atoms with Gasteiger partial charge in [-0.15, -0.1) is 0 Å². The summed E-state index contributed by atoms with van der Waals surface area (Å²) in [4.78, 5) is 14.7. The molecule has 2 aromatic rings. The van der Waals surface area contributed by atoms with Crippen LogP contribution in [0, 0.1) is 0 Å². The van der Waals surface area contributed by atoms with E-state index in [1.54, 1.807) is 18.2 Å². The molecule has 2 rings (SSSR count). The van der Waals surface area contributed by atoms with E-state index in [4.69, 9.17) is 25.4 Å². The lowest BCUT2D eigenvalue weighted by Gasteiger charge is -2.12. The summed E-state index contributed by atoms with van der Waals surface area (Å²) in [7, 11) is 1.45. The number of aliphatic hydroxyl groups is 1. The molecule has 21 heavy (non-hydrogen) atoms. The van der Waals surface area contributed by atoms with E-state index < -0.39 is 5.97 Å². The van der Waals surface area contributed by atoms with Crippen molar-refractivity contribution in [3.05, 3.63) is 41.6 Å². The molecule has 0 bridgehead atoms. The van der Waals surface area contributed by atoms with Gasteiger partial charge in [-0.2, -0.15) is 0 Å². The molecule has 0 spiro atoms. The molecule has 0 radical (unpaired) electrons. The van der Waals surface area contributed by atoms with Gasteiger partial charge in [0.1, 0.15) is 0 Å². The van der Waals surface area contributed by atoms with Crippen LogP contribution < -0.4 is 15.2 Å². The maximum absolute atomic E-state index is 10.9. The number of hydrogen-bond donors (Lipinski definition) is 3. The monoisotopic (exact) mass is 290 g/mol. The van der Waals surface area contributed by atoms with Crippen LogP contribution in [0.1, 0.15) is 16.1 Å². The number of carboxylic acid groups (broad SMARTS) is 1. The zero-order valence-electron chi connectivity index (χ0n) is 11.2. The van der Waals surface area contributed by atoms with Crippen LogP contribution in [0.3, 0.4) is 0 Å². The minimum absolute atomic E-state index is 0.0232. The van der Waals surface area contributed by atoms with E-state index in [-0.39, 0.29) is 23.9 Å². The van der Waals surface area contributed by atoms with Gasteiger partial charge < -0.3 is 25.4 Å². The molecule has 0 aliphatic heterocycles. The van der Waals surface area contributed by atoms with Crippen LogP contribution in [0.5, 0.6) is 17.4 Å². The first kappa shape index (κ1) is 14.6. The fourth-order valence-corrected chi connectivity index (χ4v) is 1.65. The molecule has 0 saturated carbocycles. The number of hydrogen-bond acceptors (Lipinski definition) is 6. The summed E-state index contributed by atoms with van der Waals surface area (Å²) in [5.41, 5.74) is 6.40. The summed E-state index contributed by atoms with van der Waals surface area (Å²) < 4.78 is 10.7. The van der Waals surface area contributed by atoms with Crippen LogP contribution in [-0.4, -0.2) is 28.3 Å². The number of aromatic nitrogens is 1. The molecule has 7 nitrogen and oxygen atoms in total. The summed E-state index contributed by atoms with van der Waals surface area (Å²) in [6.07, 6.45) is 0. The Morgan fingerprint density at radius 1 is 1.29 bits per heavy atom. The third-order valence-electron chi connectivity index (χ3n) is 2.73. The Bertz CT molecular complexity index is 672. The Morgan fingerprint density at radius 2 is 2.05 bits per heavy atom. The number of aliphatic hydroxyl groups excluding tert-OH is 1. The number of methoxy groups -OCH3 is 1. The number of nitrogen functional groups attached to an aromatic ring is 1. The predicted octanol–water partition coefficient (Wildman–Crippen LogP) is 1.66. The molecule has 0 aliphatic rings. The summed E-state index contributed by atoms with van der Waals surface area (Å²) in [6.45, 7) is -0.133. The smallest absolute Gasteiger partial charge is 0.354 e. The number of aromatic carboxylic acids is 1. The van der Waals surface area contributed by atoms with Crippen LogP contribution in [0.15, 0.2) is 30.3 Å². The second-order valence-corrected chi connectivity index (χ2v) is 4.14. The number of carbonyl (C=O) groups is 1. The normalized spacial score (nSPS) is 10.2. The summed E-state index contributed by atoms with van der Waals surface area (Å²) >= 11 is 0. The molecule has 110 valence electrons. The van der Waals surface area contributed by atoms with E-state index in [2.05, 4.69) is 4.98 Å². The van der Waals surface area contributed by atoms with Crippen LogP contribution in [0.4, 0.5) is 5.69 Å². The van der Waals surface area contributed by atoms with E-state index >= 15 is 0 Å². The Hall–Kier alpha value is -2.80. The minimum atomic E-state index is -1.18. The lowest BCUT2D eigenvalue weighted by atomic mass is 10.2. The summed E-state index contributed by atoms with van der Waals surface area (Å²) in [6, 6.07) is 7.53. The van der Waals surface area contributed by atoms with Crippen molar-refractivity contribution in [2.75, 3.05) is 12.8 Å². The molecule has 1 aromatic heterocycles. The van der Waals surface area contributed by atoms with E-state index in [1.807, 2.05) is 0 Å². The number of pyridine rings is 1. The molecule has 0 fully saturated rings. The zero-order chi connectivity index (χ0) is 15.4. The number of anilines is 1. The molecule has 0 saturated heterocycles. The second kappa shape index (κ2) is 6.10. The van der Waals surface area contributed by atoms with E-state index in [0.717, 1.165) is 0 Å². The topological polar surface area (TPSA) is 115 Å². The van der Waals surface area contributed by atoms with Crippen molar-refractivity contribution < 1.29 is 24.5 Å². The standard InChI is InChI=1S/C14H14N2O5/c1-20-12-6-8(7-17)2-5-11(12)21-13-9(15)3-4-10(16-13)14(18)19/h2-6,17H,7,15H2,1H3,(H,18,19). The SMILES string of the molecule is COc1cc(CO)ccc1Oc1nc(C(=O)O)ccc1N. The second-order valence-electron chi connectivity index (χ2n) is 4.14. The fraction of sp³-hybridized carbons (Fsp3) is 0.143. The highest BCUT2D eigenvalue weighted by Crippen LogP contribution is 2.33. The summed E-state index contributed by atoms with van der Waals surface area (Å²) in [5, 5.41) is 18.0. The first-order valence-electron chi connectivity index (χ1n) is 6.00. The highest BCUT2D eigenvalue weighted by molar-refractivity contribution is 5.86. The number of benzene rings is 1. The Morgan fingerprint density at radius 3 is 2.67 bits per heavy atom. The predicted molar refractivity (Wildman–Crippen MR) is 74.6 cm³/mol. The number of nitrogens with two attached hydrogens (primary N) is 1. The molecule has 1 aromatic carbocycles. The highest BCUT2D eigenvalue weighted by atomic mass is 16.5. The molecular weight excluding hydrogens is 276 g/mol. The Balaban J connectivity index is 2.37. The average Bonchev–Trinajstić information content (AvgIpc) is 2.49.